The van der Waals surface area contributed by atoms with Crippen LogP contribution in [0.25, 0.3) is 0 Å². The molecule has 2 atom stereocenters. The number of rotatable bonds is 3. The van der Waals surface area contributed by atoms with Crippen molar-refractivity contribution in [1.29, 1.82) is 0 Å². The fourth-order valence-corrected chi connectivity index (χ4v) is 3.71. The number of morpholine rings is 1. The van der Waals surface area contributed by atoms with Crippen molar-refractivity contribution in [2.75, 3.05) is 36.5 Å². The first-order chi connectivity index (χ1) is 11.2. The molecule has 0 radical (unpaired) electrons. The van der Waals surface area contributed by atoms with Crippen molar-refractivity contribution in [3.63, 3.8) is 0 Å². The Morgan fingerprint density at radius 3 is 2.52 bits per heavy atom. The Hall–Kier alpha value is -1.33. The molecule has 0 aromatic heterocycles. The first kappa shape index (κ1) is 16.5. The topological polar surface area (TPSA) is 36.5 Å². The van der Waals surface area contributed by atoms with Gasteiger partial charge in [-0.2, -0.15) is 0 Å². The molecule has 0 unspecified atom stereocenters. The predicted molar refractivity (Wildman–Crippen MR) is 100 cm³/mol. The van der Waals surface area contributed by atoms with Gasteiger partial charge in [-0.1, -0.05) is 19.8 Å². The highest BCUT2D eigenvalue weighted by Crippen LogP contribution is 2.24. The Kier molecular flexibility index (Phi) is 5.73. The fraction of sp³-hybridized carbons (Fsp3) is 0.611. The zero-order valence-electron chi connectivity index (χ0n) is 13.9. The van der Waals surface area contributed by atoms with Crippen molar-refractivity contribution < 1.29 is 4.74 Å². The number of nitrogens with one attached hydrogen (secondary N) is 2. The van der Waals surface area contributed by atoms with Crippen LogP contribution < -0.4 is 15.5 Å². The van der Waals surface area contributed by atoms with Gasteiger partial charge < -0.3 is 20.3 Å². The Bertz CT molecular complexity index is 514. The Morgan fingerprint density at radius 1 is 1.13 bits per heavy atom. The summed E-state index contributed by atoms with van der Waals surface area (Å²) in [5, 5.41) is 7.54. The third-order valence-corrected chi connectivity index (χ3v) is 5.15. The first-order valence-corrected chi connectivity index (χ1v) is 9.13. The van der Waals surface area contributed by atoms with Crippen LogP contribution >= 0.6 is 12.2 Å². The van der Waals surface area contributed by atoms with Crippen LogP contribution in [0.3, 0.4) is 0 Å². The summed E-state index contributed by atoms with van der Waals surface area (Å²) in [5.74, 6) is 0.701. The third-order valence-electron chi connectivity index (χ3n) is 4.93. The molecule has 1 aromatic carbocycles. The zero-order valence-corrected chi connectivity index (χ0v) is 14.7. The smallest absolute Gasteiger partial charge is 0.171 e. The second-order valence-corrected chi connectivity index (χ2v) is 7.02. The number of thiocarbonyl (C=S) groups is 1. The van der Waals surface area contributed by atoms with Crippen molar-refractivity contribution >= 4 is 28.7 Å². The molecular weight excluding hydrogens is 306 g/mol. The molecule has 0 amide bonds. The van der Waals surface area contributed by atoms with E-state index in [0.29, 0.717) is 12.0 Å². The first-order valence-electron chi connectivity index (χ1n) is 8.72. The van der Waals surface area contributed by atoms with E-state index in [0.717, 1.165) is 37.1 Å². The lowest BCUT2D eigenvalue weighted by atomic mass is 9.86. The van der Waals surface area contributed by atoms with E-state index in [1.165, 1.54) is 31.4 Å². The summed E-state index contributed by atoms with van der Waals surface area (Å²) in [7, 11) is 0. The SMILES string of the molecule is C[C@H]1CCCC[C@@H]1NC(=S)Nc1ccc(N2CCOCC2)cc1. The van der Waals surface area contributed by atoms with Crippen LogP contribution in [-0.2, 0) is 4.74 Å². The minimum Gasteiger partial charge on any atom is -0.378 e. The van der Waals surface area contributed by atoms with Gasteiger partial charge >= 0.3 is 0 Å². The summed E-state index contributed by atoms with van der Waals surface area (Å²) in [6.45, 7) is 5.87. The van der Waals surface area contributed by atoms with Gasteiger partial charge in [0.1, 0.15) is 0 Å². The Labute approximate surface area is 144 Å². The van der Waals surface area contributed by atoms with E-state index < -0.39 is 0 Å². The van der Waals surface area contributed by atoms with Crippen LogP contribution in [-0.4, -0.2) is 37.5 Å². The van der Waals surface area contributed by atoms with Gasteiger partial charge in [0.05, 0.1) is 13.2 Å². The van der Waals surface area contributed by atoms with Gasteiger partial charge in [0, 0.05) is 30.5 Å². The average molecular weight is 334 g/mol. The fourth-order valence-electron chi connectivity index (χ4n) is 3.44. The molecule has 3 rings (SSSR count). The number of nitrogens with zero attached hydrogens (tertiary/aromatic N) is 1. The maximum absolute atomic E-state index is 5.48. The molecule has 2 N–H and O–H groups in total. The summed E-state index contributed by atoms with van der Waals surface area (Å²) in [5.41, 5.74) is 2.29. The molecule has 1 aromatic rings. The average Bonchev–Trinajstić information content (AvgIpc) is 2.58. The largest absolute Gasteiger partial charge is 0.378 e. The van der Waals surface area contributed by atoms with Crippen molar-refractivity contribution in [1.82, 2.24) is 5.32 Å². The molecule has 2 aliphatic rings. The maximum Gasteiger partial charge on any atom is 0.171 e. The van der Waals surface area contributed by atoms with Crippen LogP contribution in [0.15, 0.2) is 24.3 Å². The predicted octanol–water partition coefficient (Wildman–Crippen LogP) is 3.39. The second-order valence-electron chi connectivity index (χ2n) is 6.61. The number of hydrogen-bond donors (Lipinski definition) is 2. The minimum absolute atomic E-state index is 0.511. The minimum atomic E-state index is 0.511. The lowest BCUT2D eigenvalue weighted by molar-refractivity contribution is 0.122. The summed E-state index contributed by atoms with van der Waals surface area (Å²) in [6.07, 6.45) is 5.18. The van der Waals surface area contributed by atoms with Gasteiger partial charge in [-0.05, 0) is 55.2 Å². The number of ether oxygens (including phenoxy) is 1. The molecule has 1 saturated heterocycles. The van der Waals surface area contributed by atoms with Gasteiger partial charge in [0.2, 0.25) is 0 Å². The molecule has 126 valence electrons. The molecule has 1 saturated carbocycles. The van der Waals surface area contributed by atoms with Crippen molar-refractivity contribution in [3.05, 3.63) is 24.3 Å². The molecule has 4 nitrogen and oxygen atoms in total. The van der Waals surface area contributed by atoms with Gasteiger partial charge in [-0.25, -0.2) is 0 Å². The lowest BCUT2D eigenvalue weighted by Crippen LogP contribution is -2.43. The third kappa shape index (κ3) is 4.58. The van der Waals surface area contributed by atoms with E-state index in [4.69, 9.17) is 17.0 Å². The standard InChI is InChI=1S/C18H27N3OS/c1-14-4-2-3-5-17(14)20-18(23)19-15-6-8-16(9-7-15)21-10-12-22-13-11-21/h6-9,14,17H,2-5,10-13H2,1H3,(H2,19,20,23)/t14-,17-/m0/s1. The Morgan fingerprint density at radius 2 is 1.83 bits per heavy atom. The number of hydrogen-bond acceptors (Lipinski definition) is 3. The highest BCUT2D eigenvalue weighted by Gasteiger charge is 2.21. The second kappa shape index (κ2) is 7.97. The number of anilines is 2. The molecule has 1 aliphatic heterocycles. The van der Waals surface area contributed by atoms with Gasteiger partial charge in [-0.15, -0.1) is 0 Å². The van der Waals surface area contributed by atoms with Crippen LogP contribution in [0.2, 0.25) is 0 Å². The molecule has 5 heteroatoms. The molecule has 0 spiro atoms. The molecule has 1 heterocycles. The van der Waals surface area contributed by atoms with Crippen LogP contribution in [0.1, 0.15) is 32.6 Å². The van der Waals surface area contributed by atoms with Gasteiger partial charge in [0.15, 0.2) is 5.11 Å². The van der Waals surface area contributed by atoms with E-state index in [1.807, 2.05) is 0 Å². The van der Waals surface area contributed by atoms with Crippen LogP contribution in [0.4, 0.5) is 11.4 Å². The highest BCUT2D eigenvalue weighted by molar-refractivity contribution is 7.80. The van der Waals surface area contributed by atoms with Gasteiger partial charge in [-0.3, -0.25) is 0 Å². The maximum atomic E-state index is 5.48. The molecule has 1 aliphatic carbocycles. The summed E-state index contributed by atoms with van der Waals surface area (Å²) in [4.78, 5) is 2.35. The molecule has 0 bridgehead atoms. The van der Waals surface area contributed by atoms with Crippen molar-refractivity contribution in [3.8, 4) is 0 Å². The van der Waals surface area contributed by atoms with Gasteiger partial charge in [0.25, 0.3) is 0 Å². The normalized spacial score (nSPS) is 25.0. The van der Waals surface area contributed by atoms with Crippen LogP contribution in [0.5, 0.6) is 0 Å². The Balaban J connectivity index is 1.52. The molecule has 23 heavy (non-hydrogen) atoms. The molecular formula is C18H27N3OS. The monoisotopic (exact) mass is 333 g/mol. The number of benzene rings is 1. The van der Waals surface area contributed by atoms with Crippen molar-refractivity contribution in [2.24, 2.45) is 5.92 Å². The van der Waals surface area contributed by atoms with Crippen molar-refractivity contribution in [2.45, 2.75) is 38.6 Å². The van der Waals surface area contributed by atoms with E-state index in [2.05, 4.69) is 46.7 Å². The summed E-state index contributed by atoms with van der Waals surface area (Å²) < 4.78 is 5.40. The van der Waals surface area contributed by atoms with E-state index in [1.54, 1.807) is 0 Å². The van der Waals surface area contributed by atoms with E-state index in [9.17, 15) is 0 Å². The molecule has 2 fully saturated rings. The summed E-state index contributed by atoms with van der Waals surface area (Å²) >= 11 is 5.48. The summed E-state index contributed by atoms with van der Waals surface area (Å²) in [6, 6.07) is 9.02. The zero-order chi connectivity index (χ0) is 16.1. The quantitative estimate of drug-likeness (QED) is 0.829. The van der Waals surface area contributed by atoms with E-state index >= 15 is 0 Å². The van der Waals surface area contributed by atoms with E-state index in [-0.39, 0.29) is 0 Å². The van der Waals surface area contributed by atoms with Crippen LogP contribution in [0, 0.1) is 5.92 Å². The lowest BCUT2D eigenvalue weighted by Gasteiger charge is -2.30. The highest BCUT2D eigenvalue weighted by atomic mass is 32.1.